The maximum Gasteiger partial charge on any atom is 0.257 e. The molecule has 0 spiro atoms. The normalized spacial score (nSPS) is 10.1. The van der Waals surface area contributed by atoms with Gasteiger partial charge in [0, 0.05) is 30.8 Å². The van der Waals surface area contributed by atoms with Crippen molar-refractivity contribution in [2.75, 3.05) is 17.7 Å². The maximum atomic E-state index is 12.0. The topological polar surface area (TPSA) is 66.9 Å². The number of carbonyl (C=O) groups is 1. The van der Waals surface area contributed by atoms with Crippen molar-refractivity contribution in [2.45, 2.75) is 6.92 Å². The summed E-state index contributed by atoms with van der Waals surface area (Å²) in [6.45, 7) is 1.86. The Bertz CT molecular complexity index is 615. The summed E-state index contributed by atoms with van der Waals surface area (Å²) >= 11 is 5.99. The van der Waals surface area contributed by atoms with Gasteiger partial charge in [0.25, 0.3) is 5.91 Å². The molecule has 2 N–H and O–H groups in total. The number of carbonyl (C=O) groups excluding carboxylic acids is 1. The Labute approximate surface area is 116 Å². The van der Waals surface area contributed by atoms with E-state index < -0.39 is 0 Å². The number of anilines is 2. The Hall–Kier alpha value is -2.14. The van der Waals surface area contributed by atoms with Crippen molar-refractivity contribution in [2.24, 2.45) is 0 Å². The highest BCUT2D eigenvalue weighted by Gasteiger charge is 2.09. The predicted molar refractivity (Wildman–Crippen MR) is 75.7 cm³/mol. The van der Waals surface area contributed by atoms with E-state index in [1.807, 2.05) is 6.92 Å². The number of halogens is 1. The third-order valence-electron chi connectivity index (χ3n) is 2.49. The lowest BCUT2D eigenvalue weighted by Crippen LogP contribution is -2.12. The minimum atomic E-state index is -0.261. The fourth-order valence-electron chi connectivity index (χ4n) is 1.57. The summed E-state index contributed by atoms with van der Waals surface area (Å²) in [6, 6.07) is 5.08. The van der Waals surface area contributed by atoms with Crippen LogP contribution < -0.4 is 10.6 Å². The van der Waals surface area contributed by atoms with Gasteiger partial charge in [0.1, 0.15) is 5.82 Å². The molecule has 0 aliphatic carbocycles. The van der Waals surface area contributed by atoms with Crippen LogP contribution in [0, 0.1) is 6.92 Å². The van der Waals surface area contributed by atoms with Crippen molar-refractivity contribution in [3.63, 3.8) is 0 Å². The van der Waals surface area contributed by atoms with Crippen LogP contribution in [-0.2, 0) is 0 Å². The summed E-state index contributed by atoms with van der Waals surface area (Å²) in [6.07, 6.45) is 3.11. The molecule has 0 fully saturated rings. The van der Waals surface area contributed by atoms with Gasteiger partial charge in [-0.05, 0) is 25.1 Å². The van der Waals surface area contributed by atoms with Crippen molar-refractivity contribution in [1.82, 2.24) is 9.97 Å². The molecule has 98 valence electrons. The Morgan fingerprint density at radius 3 is 2.74 bits per heavy atom. The molecule has 0 saturated heterocycles. The van der Waals surface area contributed by atoms with Crippen LogP contribution in [0.2, 0.25) is 5.02 Å². The Balaban J connectivity index is 2.18. The molecule has 0 unspecified atom stereocenters. The first kappa shape index (κ1) is 13.3. The molecule has 0 atom stereocenters. The van der Waals surface area contributed by atoms with E-state index in [2.05, 4.69) is 20.6 Å². The van der Waals surface area contributed by atoms with Crippen LogP contribution in [0.4, 0.5) is 11.5 Å². The largest absolute Gasteiger partial charge is 0.372 e. The fourth-order valence-corrected chi connectivity index (χ4v) is 1.83. The second-order valence-corrected chi connectivity index (χ2v) is 4.35. The number of nitrogens with zero attached hydrogens (tertiary/aromatic N) is 2. The first-order valence-corrected chi connectivity index (χ1v) is 6.05. The van der Waals surface area contributed by atoms with Gasteiger partial charge >= 0.3 is 0 Å². The Morgan fingerprint density at radius 2 is 2.11 bits per heavy atom. The molecule has 5 nitrogen and oxygen atoms in total. The lowest BCUT2D eigenvalue weighted by Gasteiger charge is -2.07. The van der Waals surface area contributed by atoms with E-state index in [4.69, 9.17) is 11.6 Å². The maximum absolute atomic E-state index is 12.0. The fraction of sp³-hybridized carbons (Fsp3) is 0.154. The van der Waals surface area contributed by atoms with E-state index in [9.17, 15) is 4.79 Å². The zero-order valence-corrected chi connectivity index (χ0v) is 11.3. The minimum Gasteiger partial charge on any atom is -0.372 e. The van der Waals surface area contributed by atoms with Gasteiger partial charge in [0.15, 0.2) is 0 Å². The number of amides is 1. The molecule has 0 radical (unpaired) electrons. The van der Waals surface area contributed by atoms with Crippen molar-refractivity contribution in [1.29, 1.82) is 0 Å². The zero-order chi connectivity index (χ0) is 13.8. The quantitative estimate of drug-likeness (QED) is 0.905. The summed E-state index contributed by atoms with van der Waals surface area (Å²) in [5.74, 6) is 0.278. The SMILES string of the molecule is CNc1ncc(C(=O)Nc2ccnc(C)c2)cc1Cl. The Kier molecular flexibility index (Phi) is 3.97. The van der Waals surface area contributed by atoms with Crippen LogP contribution in [0.5, 0.6) is 0 Å². The molecule has 0 aliphatic heterocycles. The van der Waals surface area contributed by atoms with E-state index in [-0.39, 0.29) is 5.91 Å². The molecule has 2 aromatic rings. The van der Waals surface area contributed by atoms with Crippen molar-refractivity contribution in [3.8, 4) is 0 Å². The molecule has 2 heterocycles. The van der Waals surface area contributed by atoms with Gasteiger partial charge in [-0.2, -0.15) is 0 Å². The molecule has 2 aromatic heterocycles. The average molecular weight is 277 g/mol. The standard InChI is InChI=1S/C13H13ClN4O/c1-8-5-10(3-4-16-8)18-13(19)9-6-11(14)12(15-2)17-7-9/h3-7H,1-2H3,(H,15,17)(H,16,18,19). The number of pyridine rings is 2. The molecular weight excluding hydrogens is 264 g/mol. The molecule has 0 aliphatic rings. The van der Waals surface area contributed by atoms with Crippen LogP contribution >= 0.6 is 11.6 Å². The monoisotopic (exact) mass is 276 g/mol. The van der Waals surface area contributed by atoms with Crippen LogP contribution in [0.25, 0.3) is 0 Å². The molecule has 0 aromatic carbocycles. The highest BCUT2D eigenvalue weighted by molar-refractivity contribution is 6.33. The van der Waals surface area contributed by atoms with Crippen LogP contribution in [-0.4, -0.2) is 22.9 Å². The number of hydrogen-bond acceptors (Lipinski definition) is 4. The van der Waals surface area contributed by atoms with Crippen molar-refractivity contribution in [3.05, 3.63) is 46.9 Å². The van der Waals surface area contributed by atoms with Gasteiger partial charge in [-0.25, -0.2) is 4.98 Å². The van der Waals surface area contributed by atoms with E-state index in [0.29, 0.717) is 22.1 Å². The molecule has 1 amide bonds. The van der Waals surface area contributed by atoms with Crippen LogP contribution in [0.1, 0.15) is 16.1 Å². The highest BCUT2D eigenvalue weighted by atomic mass is 35.5. The molecule has 19 heavy (non-hydrogen) atoms. The summed E-state index contributed by atoms with van der Waals surface area (Å²) < 4.78 is 0. The van der Waals surface area contributed by atoms with Gasteiger partial charge in [-0.15, -0.1) is 0 Å². The second kappa shape index (κ2) is 5.67. The molecular formula is C13H13ClN4O. The van der Waals surface area contributed by atoms with Crippen molar-refractivity contribution < 1.29 is 4.79 Å². The molecule has 6 heteroatoms. The smallest absolute Gasteiger partial charge is 0.257 e. The van der Waals surface area contributed by atoms with E-state index >= 15 is 0 Å². The summed E-state index contributed by atoms with van der Waals surface area (Å²) in [5, 5.41) is 6.01. The average Bonchev–Trinajstić information content (AvgIpc) is 2.38. The molecule has 2 rings (SSSR count). The first-order valence-electron chi connectivity index (χ1n) is 5.67. The van der Waals surface area contributed by atoms with Crippen molar-refractivity contribution >= 4 is 29.0 Å². The van der Waals surface area contributed by atoms with E-state index in [1.54, 1.807) is 31.4 Å². The van der Waals surface area contributed by atoms with E-state index in [0.717, 1.165) is 5.69 Å². The lowest BCUT2D eigenvalue weighted by atomic mass is 10.2. The summed E-state index contributed by atoms with van der Waals surface area (Å²) in [4.78, 5) is 20.2. The number of nitrogens with one attached hydrogen (secondary N) is 2. The summed E-state index contributed by atoms with van der Waals surface area (Å²) in [7, 11) is 1.72. The van der Waals surface area contributed by atoms with Crippen LogP contribution in [0.3, 0.4) is 0 Å². The molecule has 0 saturated carbocycles. The number of aromatic nitrogens is 2. The van der Waals surface area contributed by atoms with Gasteiger partial charge in [-0.3, -0.25) is 9.78 Å². The van der Waals surface area contributed by atoms with Crippen LogP contribution in [0.15, 0.2) is 30.6 Å². The van der Waals surface area contributed by atoms with Gasteiger partial charge < -0.3 is 10.6 Å². The number of hydrogen-bond donors (Lipinski definition) is 2. The molecule has 0 bridgehead atoms. The second-order valence-electron chi connectivity index (χ2n) is 3.94. The highest BCUT2D eigenvalue weighted by Crippen LogP contribution is 2.20. The zero-order valence-electron chi connectivity index (χ0n) is 10.6. The minimum absolute atomic E-state index is 0.261. The predicted octanol–water partition coefficient (Wildman–Crippen LogP) is 2.73. The third-order valence-corrected chi connectivity index (χ3v) is 2.78. The van der Waals surface area contributed by atoms with Gasteiger partial charge in [0.05, 0.1) is 10.6 Å². The number of aryl methyl sites for hydroxylation is 1. The lowest BCUT2D eigenvalue weighted by molar-refractivity contribution is 0.102. The number of rotatable bonds is 3. The van der Waals surface area contributed by atoms with E-state index in [1.165, 1.54) is 6.20 Å². The Morgan fingerprint density at radius 1 is 1.32 bits per heavy atom. The first-order chi connectivity index (χ1) is 9.10. The summed E-state index contributed by atoms with van der Waals surface area (Å²) in [5.41, 5.74) is 1.92. The third kappa shape index (κ3) is 3.20. The van der Waals surface area contributed by atoms with Gasteiger partial charge in [-0.1, -0.05) is 11.6 Å². The van der Waals surface area contributed by atoms with Gasteiger partial charge in [0.2, 0.25) is 0 Å².